The van der Waals surface area contributed by atoms with E-state index in [-0.39, 0.29) is 12.1 Å². The molecule has 0 aliphatic heterocycles. The Morgan fingerprint density at radius 2 is 2.18 bits per heavy atom. The highest BCUT2D eigenvalue weighted by Gasteiger charge is 2.20. The SMILES string of the molecule is CCC[C@H](N)C(O)c1cnccc1OC(C)C. The number of aromatic nitrogens is 1. The van der Waals surface area contributed by atoms with Crippen LogP contribution in [0.25, 0.3) is 0 Å². The second-order valence-electron chi connectivity index (χ2n) is 4.48. The molecular formula is C13H22N2O2. The van der Waals surface area contributed by atoms with E-state index in [4.69, 9.17) is 10.5 Å². The van der Waals surface area contributed by atoms with Crippen molar-refractivity contribution in [3.8, 4) is 5.75 Å². The van der Waals surface area contributed by atoms with Crippen LogP contribution in [-0.4, -0.2) is 22.2 Å². The van der Waals surface area contributed by atoms with E-state index in [1.807, 2.05) is 20.8 Å². The van der Waals surface area contributed by atoms with Gasteiger partial charge in [0.2, 0.25) is 0 Å². The highest BCUT2D eigenvalue weighted by Crippen LogP contribution is 2.27. The first-order valence-corrected chi connectivity index (χ1v) is 6.10. The third kappa shape index (κ3) is 3.98. The summed E-state index contributed by atoms with van der Waals surface area (Å²) in [5.74, 6) is 0.661. The number of hydrogen-bond donors (Lipinski definition) is 2. The molecule has 1 heterocycles. The Labute approximate surface area is 103 Å². The third-order valence-corrected chi connectivity index (χ3v) is 2.52. The quantitative estimate of drug-likeness (QED) is 0.795. The maximum absolute atomic E-state index is 10.2. The van der Waals surface area contributed by atoms with Gasteiger partial charge in [-0.15, -0.1) is 0 Å². The largest absolute Gasteiger partial charge is 0.491 e. The fraction of sp³-hybridized carbons (Fsp3) is 0.615. The molecule has 3 N–H and O–H groups in total. The summed E-state index contributed by atoms with van der Waals surface area (Å²) in [5, 5.41) is 10.2. The highest BCUT2D eigenvalue weighted by molar-refractivity contribution is 5.33. The minimum absolute atomic E-state index is 0.0609. The number of nitrogens with zero attached hydrogens (tertiary/aromatic N) is 1. The molecule has 0 saturated carbocycles. The standard InChI is InChI=1S/C13H22N2O2/c1-4-5-11(14)13(16)10-8-15-7-6-12(10)17-9(2)3/h6-9,11,13,16H,4-5,14H2,1-3H3/t11-,13?/m0/s1. The van der Waals surface area contributed by atoms with Crippen molar-refractivity contribution in [3.63, 3.8) is 0 Å². The molecule has 0 aromatic carbocycles. The molecule has 1 aromatic heterocycles. The molecule has 0 radical (unpaired) electrons. The molecule has 0 fully saturated rings. The topological polar surface area (TPSA) is 68.4 Å². The first-order chi connectivity index (χ1) is 8.06. The van der Waals surface area contributed by atoms with E-state index in [0.29, 0.717) is 11.3 Å². The predicted molar refractivity (Wildman–Crippen MR) is 67.8 cm³/mol. The van der Waals surface area contributed by atoms with Crippen molar-refractivity contribution >= 4 is 0 Å². The van der Waals surface area contributed by atoms with Gasteiger partial charge in [0.25, 0.3) is 0 Å². The lowest BCUT2D eigenvalue weighted by molar-refractivity contribution is 0.133. The zero-order valence-corrected chi connectivity index (χ0v) is 10.8. The van der Waals surface area contributed by atoms with Gasteiger partial charge in [-0.3, -0.25) is 4.98 Å². The van der Waals surface area contributed by atoms with E-state index in [9.17, 15) is 5.11 Å². The lowest BCUT2D eigenvalue weighted by Gasteiger charge is -2.21. The molecule has 0 spiro atoms. The number of pyridine rings is 1. The molecule has 17 heavy (non-hydrogen) atoms. The van der Waals surface area contributed by atoms with Gasteiger partial charge in [0.15, 0.2) is 0 Å². The summed E-state index contributed by atoms with van der Waals surface area (Å²) in [4.78, 5) is 4.02. The maximum Gasteiger partial charge on any atom is 0.128 e. The van der Waals surface area contributed by atoms with E-state index in [0.717, 1.165) is 12.8 Å². The van der Waals surface area contributed by atoms with E-state index in [1.54, 1.807) is 18.5 Å². The molecule has 4 heteroatoms. The van der Waals surface area contributed by atoms with Crippen LogP contribution in [-0.2, 0) is 0 Å². The fourth-order valence-corrected chi connectivity index (χ4v) is 1.70. The van der Waals surface area contributed by atoms with Crippen LogP contribution >= 0.6 is 0 Å². The molecular weight excluding hydrogens is 216 g/mol. The number of ether oxygens (including phenoxy) is 1. The second-order valence-corrected chi connectivity index (χ2v) is 4.48. The Morgan fingerprint density at radius 1 is 1.47 bits per heavy atom. The lowest BCUT2D eigenvalue weighted by atomic mass is 10.0. The molecule has 0 bridgehead atoms. The fourth-order valence-electron chi connectivity index (χ4n) is 1.70. The van der Waals surface area contributed by atoms with Gasteiger partial charge in [-0.2, -0.15) is 0 Å². The molecule has 1 rings (SSSR count). The van der Waals surface area contributed by atoms with Gasteiger partial charge in [-0.25, -0.2) is 0 Å². The van der Waals surface area contributed by atoms with Crippen LogP contribution in [0, 0.1) is 0 Å². The first kappa shape index (κ1) is 13.9. The van der Waals surface area contributed by atoms with Gasteiger partial charge in [-0.05, 0) is 26.3 Å². The number of aliphatic hydroxyl groups is 1. The van der Waals surface area contributed by atoms with Gasteiger partial charge >= 0.3 is 0 Å². The normalized spacial score (nSPS) is 14.7. The maximum atomic E-state index is 10.2. The highest BCUT2D eigenvalue weighted by atomic mass is 16.5. The summed E-state index contributed by atoms with van der Waals surface area (Å²) in [6, 6.07) is 1.48. The Balaban J connectivity index is 2.88. The molecule has 96 valence electrons. The first-order valence-electron chi connectivity index (χ1n) is 6.10. The molecule has 2 atom stereocenters. The minimum Gasteiger partial charge on any atom is -0.491 e. The van der Waals surface area contributed by atoms with Crippen molar-refractivity contribution in [1.29, 1.82) is 0 Å². The molecule has 4 nitrogen and oxygen atoms in total. The van der Waals surface area contributed by atoms with Gasteiger partial charge in [0, 0.05) is 24.0 Å². The monoisotopic (exact) mass is 238 g/mol. The Kier molecular flexibility index (Phi) is 5.38. The summed E-state index contributed by atoms with van der Waals surface area (Å²) in [5.41, 5.74) is 6.59. The lowest BCUT2D eigenvalue weighted by Crippen LogP contribution is -2.28. The van der Waals surface area contributed by atoms with E-state index in [1.165, 1.54) is 0 Å². The van der Waals surface area contributed by atoms with Gasteiger partial charge in [-0.1, -0.05) is 13.3 Å². The van der Waals surface area contributed by atoms with Crippen LogP contribution in [0.4, 0.5) is 0 Å². The van der Waals surface area contributed by atoms with E-state index in [2.05, 4.69) is 4.98 Å². The summed E-state index contributed by atoms with van der Waals surface area (Å²) >= 11 is 0. The zero-order valence-electron chi connectivity index (χ0n) is 10.8. The minimum atomic E-state index is -0.725. The molecule has 0 aliphatic rings. The van der Waals surface area contributed by atoms with Crippen molar-refractivity contribution in [2.75, 3.05) is 0 Å². The number of rotatable bonds is 6. The number of hydrogen-bond acceptors (Lipinski definition) is 4. The summed E-state index contributed by atoms with van der Waals surface area (Å²) in [6.07, 6.45) is 4.33. The van der Waals surface area contributed by atoms with Crippen LogP contribution in [0.2, 0.25) is 0 Å². The van der Waals surface area contributed by atoms with Gasteiger partial charge < -0.3 is 15.6 Å². The summed E-state index contributed by atoms with van der Waals surface area (Å²) in [6.45, 7) is 5.94. The van der Waals surface area contributed by atoms with Crippen LogP contribution in [0.1, 0.15) is 45.3 Å². The Hall–Kier alpha value is -1.13. The number of nitrogens with two attached hydrogens (primary N) is 1. The van der Waals surface area contributed by atoms with Crippen LogP contribution in [0.3, 0.4) is 0 Å². The Morgan fingerprint density at radius 3 is 2.76 bits per heavy atom. The van der Waals surface area contributed by atoms with Crippen molar-refractivity contribution < 1.29 is 9.84 Å². The average Bonchev–Trinajstić information content (AvgIpc) is 2.28. The third-order valence-electron chi connectivity index (χ3n) is 2.52. The molecule has 0 aliphatic carbocycles. The molecule has 0 amide bonds. The van der Waals surface area contributed by atoms with Crippen molar-refractivity contribution in [1.82, 2.24) is 4.98 Å². The van der Waals surface area contributed by atoms with Gasteiger partial charge in [0.1, 0.15) is 5.75 Å². The van der Waals surface area contributed by atoms with Crippen molar-refractivity contribution in [2.24, 2.45) is 5.73 Å². The molecule has 0 saturated heterocycles. The Bertz CT molecular complexity index is 342. The zero-order chi connectivity index (χ0) is 12.8. The predicted octanol–water partition coefficient (Wildman–Crippen LogP) is 2.03. The molecule has 1 unspecified atom stereocenters. The van der Waals surface area contributed by atoms with Crippen LogP contribution < -0.4 is 10.5 Å². The van der Waals surface area contributed by atoms with E-state index < -0.39 is 6.10 Å². The average molecular weight is 238 g/mol. The van der Waals surface area contributed by atoms with E-state index >= 15 is 0 Å². The van der Waals surface area contributed by atoms with Crippen molar-refractivity contribution in [2.45, 2.75) is 51.9 Å². The van der Waals surface area contributed by atoms with Gasteiger partial charge in [0.05, 0.1) is 12.2 Å². The van der Waals surface area contributed by atoms with Crippen molar-refractivity contribution in [3.05, 3.63) is 24.0 Å². The van der Waals surface area contributed by atoms with Crippen LogP contribution in [0.5, 0.6) is 5.75 Å². The smallest absolute Gasteiger partial charge is 0.128 e. The number of aliphatic hydroxyl groups excluding tert-OH is 1. The summed E-state index contributed by atoms with van der Waals surface area (Å²) in [7, 11) is 0. The molecule has 1 aromatic rings. The second kappa shape index (κ2) is 6.57. The van der Waals surface area contributed by atoms with Crippen LogP contribution in [0.15, 0.2) is 18.5 Å². The summed E-state index contributed by atoms with van der Waals surface area (Å²) < 4.78 is 5.64.